The van der Waals surface area contributed by atoms with Crippen molar-refractivity contribution in [3.05, 3.63) is 24.8 Å². The Labute approximate surface area is 144 Å². The Balaban J connectivity index is 1.98. The van der Waals surface area contributed by atoms with Crippen LogP contribution in [0.2, 0.25) is 0 Å². The molecule has 0 bridgehead atoms. The zero-order chi connectivity index (χ0) is 18.4. The van der Waals surface area contributed by atoms with E-state index in [9.17, 15) is 19.8 Å². The maximum atomic E-state index is 11.4. The summed E-state index contributed by atoms with van der Waals surface area (Å²) < 4.78 is 0. The van der Waals surface area contributed by atoms with Gasteiger partial charge in [-0.05, 0) is 47.8 Å². The van der Waals surface area contributed by atoms with E-state index in [4.69, 9.17) is 0 Å². The summed E-state index contributed by atoms with van der Waals surface area (Å²) in [5.74, 6) is -1.65. The first-order valence-corrected chi connectivity index (χ1v) is 8.72. The lowest BCUT2D eigenvalue weighted by atomic mass is 9.87. The van der Waals surface area contributed by atoms with E-state index in [1.807, 2.05) is 33.8 Å². The Hall–Kier alpha value is -1.58. The zero-order valence-corrected chi connectivity index (χ0v) is 15.2. The molecule has 24 heavy (non-hydrogen) atoms. The second kappa shape index (κ2) is 6.05. The summed E-state index contributed by atoms with van der Waals surface area (Å²) in [5, 5.41) is 18.7. The zero-order valence-electron chi connectivity index (χ0n) is 15.2. The summed E-state index contributed by atoms with van der Waals surface area (Å²) in [6.07, 6.45) is 4.26. The van der Waals surface area contributed by atoms with Crippen molar-refractivity contribution in [3.8, 4) is 0 Å². The number of carboxylic acid groups (broad SMARTS) is 2. The fraction of sp³-hybridized carbons (Fsp3) is 0.700. The van der Waals surface area contributed by atoms with Crippen molar-refractivity contribution in [1.29, 1.82) is 0 Å². The van der Waals surface area contributed by atoms with Crippen molar-refractivity contribution in [2.45, 2.75) is 47.0 Å². The van der Waals surface area contributed by atoms with Crippen LogP contribution in [0.3, 0.4) is 0 Å². The topological polar surface area (TPSA) is 74.6 Å². The van der Waals surface area contributed by atoms with Crippen molar-refractivity contribution in [3.63, 3.8) is 0 Å². The molecule has 0 heterocycles. The summed E-state index contributed by atoms with van der Waals surface area (Å²) in [6.45, 7) is 16.0. The van der Waals surface area contributed by atoms with Gasteiger partial charge in [0.2, 0.25) is 0 Å². The smallest absolute Gasteiger partial charge is 0.307 e. The van der Waals surface area contributed by atoms with Crippen LogP contribution in [0.5, 0.6) is 0 Å². The number of rotatable bonds is 9. The van der Waals surface area contributed by atoms with Crippen LogP contribution in [0.1, 0.15) is 47.0 Å². The Morgan fingerprint density at radius 3 is 1.96 bits per heavy atom. The molecule has 1 unspecified atom stereocenters. The molecule has 2 N–H and O–H groups in total. The molecule has 2 rings (SSSR count). The minimum absolute atomic E-state index is 0.0295. The molecule has 0 aromatic rings. The average Bonchev–Trinajstić information content (AvgIpc) is 3.23. The fourth-order valence-corrected chi connectivity index (χ4v) is 5.07. The second-order valence-electron chi connectivity index (χ2n) is 8.76. The van der Waals surface area contributed by atoms with Crippen molar-refractivity contribution < 1.29 is 19.8 Å². The highest BCUT2D eigenvalue weighted by molar-refractivity contribution is 5.76. The summed E-state index contributed by atoms with van der Waals surface area (Å²) >= 11 is 0. The van der Waals surface area contributed by atoms with E-state index in [0.29, 0.717) is 0 Å². The molecule has 0 aromatic carbocycles. The van der Waals surface area contributed by atoms with Gasteiger partial charge in [-0.3, -0.25) is 9.59 Å². The predicted octanol–water partition coefficient (Wildman–Crippen LogP) is 4.23. The van der Waals surface area contributed by atoms with Gasteiger partial charge in [-0.25, -0.2) is 0 Å². The summed E-state index contributed by atoms with van der Waals surface area (Å²) in [4.78, 5) is 22.8. The van der Waals surface area contributed by atoms with Gasteiger partial charge >= 0.3 is 11.9 Å². The second-order valence-corrected chi connectivity index (χ2v) is 8.76. The predicted molar refractivity (Wildman–Crippen MR) is 93.5 cm³/mol. The van der Waals surface area contributed by atoms with Gasteiger partial charge in [0.25, 0.3) is 0 Å². The van der Waals surface area contributed by atoms with Crippen LogP contribution in [0.25, 0.3) is 0 Å². The Bertz CT molecular complexity index is 572. The Morgan fingerprint density at radius 2 is 1.58 bits per heavy atom. The number of carboxylic acids is 2. The molecule has 2 fully saturated rings. The molecule has 4 heteroatoms. The maximum absolute atomic E-state index is 11.4. The minimum Gasteiger partial charge on any atom is -0.481 e. The third-order valence-electron chi connectivity index (χ3n) is 6.52. The van der Waals surface area contributed by atoms with Gasteiger partial charge in [0.05, 0.1) is 11.8 Å². The van der Waals surface area contributed by atoms with Gasteiger partial charge in [-0.15, -0.1) is 6.58 Å². The van der Waals surface area contributed by atoms with Crippen molar-refractivity contribution in [2.75, 3.05) is 0 Å². The van der Waals surface area contributed by atoms with E-state index in [-0.39, 0.29) is 40.4 Å². The van der Waals surface area contributed by atoms with Crippen LogP contribution in [0, 0.1) is 40.4 Å². The van der Waals surface area contributed by atoms with Crippen LogP contribution in [-0.2, 0) is 9.59 Å². The number of carbonyl (C=O) groups is 2. The van der Waals surface area contributed by atoms with Crippen LogP contribution in [0.15, 0.2) is 24.8 Å². The number of allylic oxidation sites excluding steroid dienone is 2. The van der Waals surface area contributed by atoms with Crippen LogP contribution < -0.4 is 0 Å². The van der Waals surface area contributed by atoms with Gasteiger partial charge < -0.3 is 10.2 Å². The van der Waals surface area contributed by atoms with E-state index in [0.717, 1.165) is 24.8 Å². The lowest BCUT2D eigenvalue weighted by Crippen LogP contribution is -2.09. The molecule has 0 radical (unpaired) electrons. The molecular weight excluding hydrogens is 304 g/mol. The van der Waals surface area contributed by atoms with Gasteiger partial charge in [-0.1, -0.05) is 45.9 Å². The molecule has 4 nitrogen and oxygen atoms in total. The molecule has 134 valence electrons. The van der Waals surface area contributed by atoms with E-state index in [1.54, 1.807) is 0 Å². The molecule has 2 aliphatic rings. The van der Waals surface area contributed by atoms with Gasteiger partial charge in [0, 0.05) is 0 Å². The quantitative estimate of drug-likeness (QED) is 0.619. The Morgan fingerprint density at radius 1 is 1.04 bits per heavy atom. The molecular formula is C20H30O4. The highest BCUT2D eigenvalue weighted by Gasteiger charge is 2.65. The molecule has 0 aliphatic heterocycles. The first kappa shape index (κ1) is 18.8. The normalized spacial score (nSPS) is 33.3. The van der Waals surface area contributed by atoms with Gasteiger partial charge in [0.1, 0.15) is 0 Å². The first-order valence-electron chi connectivity index (χ1n) is 8.72. The summed E-state index contributed by atoms with van der Waals surface area (Å²) in [6, 6.07) is 0. The van der Waals surface area contributed by atoms with Gasteiger partial charge in [-0.2, -0.15) is 0 Å². The lowest BCUT2D eigenvalue weighted by Gasteiger charge is -2.18. The first-order chi connectivity index (χ1) is 11.0. The van der Waals surface area contributed by atoms with Crippen molar-refractivity contribution in [2.24, 2.45) is 40.4 Å². The highest BCUT2D eigenvalue weighted by Crippen LogP contribution is 2.65. The third-order valence-corrected chi connectivity index (χ3v) is 6.52. The molecule has 0 amide bonds. The number of hydrogen-bond acceptors (Lipinski definition) is 2. The SMILES string of the molecule is C=CCC(CCC(=C)[C@@H]1[C@H](C(=O)O)C1(C)C)[C@@H]1[C@H](C(=O)O)C1(C)C. The van der Waals surface area contributed by atoms with Crippen molar-refractivity contribution in [1.82, 2.24) is 0 Å². The van der Waals surface area contributed by atoms with Crippen LogP contribution in [0.4, 0.5) is 0 Å². The Kier molecular flexibility index (Phi) is 4.73. The van der Waals surface area contributed by atoms with Crippen LogP contribution in [-0.4, -0.2) is 22.2 Å². The number of hydrogen-bond donors (Lipinski definition) is 2. The summed E-state index contributed by atoms with van der Waals surface area (Å²) in [5.41, 5.74) is 0.592. The monoisotopic (exact) mass is 334 g/mol. The van der Waals surface area contributed by atoms with E-state index >= 15 is 0 Å². The fourth-order valence-electron chi connectivity index (χ4n) is 5.07. The van der Waals surface area contributed by atoms with E-state index in [2.05, 4.69) is 13.2 Å². The number of aliphatic carboxylic acids is 2. The van der Waals surface area contributed by atoms with E-state index < -0.39 is 11.9 Å². The molecule has 0 spiro atoms. The maximum Gasteiger partial charge on any atom is 0.307 e. The highest BCUT2D eigenvalue weighted by atomic mass is 16.4. The molecule has 0 saturated heterocycles. The largest absolute Gasteiger partial charge is 0.481 e. The standard InChI is InChI=1S/C20H30O4/c1-7-8-12(14-16(18(23)24)20(14,5)6)10-9-11(2)13-15(17(21)22)19(13,3)4/h7,12-16H,1-2,8-10H2,3-6H3,(H,21,22)(H,23,24)/t12?,13-,14-,15-,16-/m1/s1. The summed E-state index contributed by atoms with van der Waals surface area (Å²) in [7, 11) is 0. The minimum atomic E-state index is -0.747. The lowest BCUT2D eigenvalue weighted by molar-refractivity contribution is -0.140. The molecule has 2 saturated carbocycles. The third kappa shape index (κ3) is 3.03. The molecule has 0 aromatic heterocycles. The van der Waals surface area contributed by atoms with Gasteiger partial charge in [0.15, 0.2) is 0 Å². The average molecular weight is 334 g/mol. The van der Waals surface area contributed by atoms with Crippen LogP contribution >= 0.6 is 0 Å². The van der Waals surface area contributed by atoms with Crippen molar-refractivity contribution >= 4 is 11.9 Å². The molecule has 2 aliphatic carbocycles. The molecule has 5 atom stereocenters. The van der Waals surface area contributed by atoms with E-state index in [1.165, 1.54) is 0 Å².